The molecule has 1 saturated carbocycles. The predicted molar refractivity (Wildman–Crippen MR) is 109 cm³/mol. The minimum atomic E-state index is 0.109. The second kappa shape index (κ2) is 7.97. The topological polar surface area (TPSA) is 58.1 Å². The molecule has 1 saturated heterocycles. The van der Waals surface area contributed by atoms with Crippen LogP contribution in [-0.2, 0) is 4.79 Å². The molecule has 5 nitrogen and oxygen atoms in total. The van der Waals surface area contributed by atoms with Crippen LogP contribution < -0.4 is 5.32 Å². The molecule has 1 aliphatic carbocycles. The van der Waals surface area contributed by atoms with E-state index in [0.29, 0.717) is 18.2 Å². The van der Waals surface area contributed by atoms with Gasteiger partial charge in [-0.3, -0.25) is 9.78 Å². The van der Waals surface area contributed by atoms with Gasteiger partial charge in [0.25, 0.3) is 0 Å². The van der Waals surface area contributed by atoms with Gasteiger partial charge in [0, 0.05) is 29.7 Å². The summed E-state index contributed by atoms with van der Waals surface area (Å²) < 4.78 is 0. The fourth-order valence-electron chi connectivity index (χ4n) is 4.42. The molecule has 0 radical (unpaired) electrons. The number of nitrogens with one attached hydrogen (secondary N) is 1. The summed E-state index contributed by atoms with van der Waals surface area (Å²) in [5, 5.41) is 6.33. The number of hydrogen-bond acceptors (Lipinski definition) is 5. The van der Waals surface area contributed by atoms with Crippen molar-refractivity contribution < 1.29 is 4.79 Å². The van der Waals surface area contributed by atoms with Crippen molar-refractivity contribution in [3.8, 4) is 0 Å². The van der Waals surface area contributed by atoms with E-state index in [1.165, 1.54) is 25.7 Å². The minimum Gasteiger partial charge on any atom is -0.334 e. The Balaban J connectivity index is 1.51. The Morgan fingerprint density at radius 2 is 1.96 bits per heavy atom. The van der Waals surface area contributed by atoms with E-state index in [9.17, 15) is 4.79 Å². The van der Waals surface area contributed by atoms with Crippen LogP contribution in [0.4, 0.5) is 10.8 Å². The number of hydrogen-bond donors (Lipinski definition) is 1. The van der Waals surface area contributed by atoms with Gasteiger partial charge in [0.1, 0.15) is 0 Å². The molecular weight excluding hydrogens is 356 g/mol. The van der Waals surface area contributed by atoms with Crippen molar-refractivity contribution in [2.24, 2.45) is 5.92 Å². The number of rotatable bonds is 5. The average molecular weight is 385 g/mol. The predicted octanol–water partition coefficient (Wildman–Crippen LogP) is 5.14. The van der Waals surface area contributed by atoms with E-state index in [2.05, 4.69) is 21.3 Å². The van der Waals surface area contributed by atoms with Gasteiger partial charge in [-0.1, -0.05) is 12.8 Å². The Labute approximate surface area is 165 Å². The molecular formula is C21H28N4OS. The van der Waals surface area contributed by atoms with Gasteiger partial charge < -0.3 is 10.2 Å². The molecule has 4 rings (SSSR count). The number of aryl methyl sites for hydroxylation is 2. The number of anilines is 2. The van der Waals surface area contributed by atoms with Crippen LogP contribution in [0.5, 0.6) is 0 Å². The number of likely N-dealkylation sites (tertiary alicyclic amines) is 1. The number of thiazole rings is 1. The molecule has 0 bridgehead atoms. The van der Waals surface area contributed by atoms with E-state index < -0.39 is 0 Å². The lowest BCUT2D eigenvalue weighted by Crippen LogP contribution is -2.32. The van der Waals surface area contributed by atoms with Crippen molar-refractivity contribution in [3.05, 3.63) is 34.6 Å². The van der Waals surface area contributed by atoms with Crippen LogP contribution in [-0.4, -0.2) is 27.3 Å². The highest BCUT2D eigenvalue weighted by Gasteiger charge is 2.32. The number of aromatic nitrogens is 2. The summed E-state index contributed by atoms with van der Waals surface area (Å²) in [6.45, 7) is 4.87. The summed E-state index contributed by atoms with van der Waals surface area (Å²) in [5.74, 6) is 0.910. The first kappa shape index (κ1) is 18.4. The van der Waals surface area contributed by atoms with Crippen LogP contribution >= 0.6 is 11.3 Å². The largest absolute Gasteiger partial charge is 0.334 e. The minimum absolute atomic E-state index is 0.109. The van der Waals surface area contributed by atoms with Crippen molar-refractivity contribution in [2.75, 3.05) is 11.9 Å². The quantitative estimate of drug-likeness (QED) is 0.775. The molecule has 2 fully saturated rings. The maximum absolute atomic E-state index is 12.9. The Morgan fingerprint density at radius 3 is 2.70 bits per heavy atom. The Bertz CT molecular complexity index is 812. The molecule has 1 N–H and O–H groups in total. The summed E-state index contributed by atoms with van der Waals surface area (Å²) >= 11 is 1.60. The summed E-state index contributed by atoms with van der Waals surface area (Å²) in [6.07, 6.45) is 7.78. The second-order valence-corrected chi connectivity index (χ2v) is 8.80. The van der Waals surface area contributed by atoms with Gasteiger partial charge in [0.15, 0.2) is 5.13 Å². The molecule has 6 heteroatoms. The van der Waals surface area contributed by atoms with E-state index in [1.54, 1.807) is 11.3 Å². The highest BCUT2D eigenvalue weighted by atomic mass is 32.1. The Hall–Kier alpha value is -1.95. The third-order valence-electron chi connectivity index (χ3n) is 5.70. The number of amides is 1. The maximum atomic E-state index is 12.9. The van der Waals surface area contributed by atoms with Gasteiger partial charge in [-0.05, 0) is 57.6 Å². The molecule has 1 aliphatic heterocycles. The highest BCUT2D eigenvalue weighted by molar-refractivity contribution is 7.13. The van der Waals surface area contributed by atoms with Crippen molar-refractivity contribution in [1.29, 1.82) is 0 Å². The van der Waals surface area contributed by atoms with Crippen molar-refractivity contribution in [2.45, 2.75) is 64.8 Å². The first-order chi connectivity index (χ1) is 13.1. The summed E-state index contributed by atoms with van der Waals surface area (Å²) in [7, 11) is 0. The van der Waals surface area contributed by atoms with Crippen LogP contribution in [0.25, 0.3) is 0 Å². The number of nitrogens with zero attached hydrogens (tertiary/aromatic N) is 3. The lowest BCUT2D eigenvalue weighted by atomic mass is 10.0. The first-order valence-corrected chi connectivity index (χ1v) is 10.9. The third-order valence-corrected chi connectivity index (χ3v) is 6.57. The molecule has 3 heterocycles. The van der Waals surface area contributed by atoms with Crippen LogP contribution in [0, 0.1) is 19.8 Å². The van der Waals surface area contributed by atoms with Crippen LogP contribution in [0.3, 0.4) is 0 Å². The van der Waals surface area contributed by atoms with E-state index in [4.69, 9.17) is 4.98 Å². The van der Waals surface area contributed by atoms with Crippen LogP contribution in [0.15, 0.2) is 17.5 Å². The summed E-state index contributed by atoms with van der Waals surface area (Å²) in [6, 6.07) is 4.24. The summed E-state index contributed by atoms with van der Waals surface area (Å²) in [4.78, 5) is 24.3. The number of carbonyl (C=O) groups is 1. The molecule has 144 valence electrons. The smallest absolute Gasteiger partial charge is 0.223 e. The molecule has 0 aromatic carbocycles. The zero-order valence-corrected chi connectivity index (χ0v) is 17.0. The highest BCUT2D eigenvalue weighted by Crippen LogP contribution is 2.35. The van der Waals surface area contributed by atoms with Crippen molar-refractivity contribution >= 4 is 28.1 Å². The molecule has 2 aliphatic rings. The van der Waals surface area contributed by atoms with E-state index in [-0.39, 0.29) is 6.04 Å². The van der Waals surface area contributed by atoms with Gasteiger partial charge in [0.05, 0.1) is 17.4 Å². The molecule has 0 unspecified atom stereocenters. The van der Waals surface area contributed by atoms with Gasteiger partial charge in [0.2, 0.25) is 5.91 Å². The van der Waals surface area contributed by atoms with E-state index in [1.807, 2.05) is 25.3 Å². The molecule has 0 spiro atoms. The Morgan fingerprint density at radius 1 is 1.15 bits per heavy atom. The van der Waals surface area contributed by atoms with Gasteiger partial charge in [-0.2, -0.15) is 0 Å². The molecule has 1 amide bonds. The second-order valence-electron chi connectivity index (χ2n) is 7.94. The van der Waals surface area contributed by atoms with Gasteiger partial charge >= 0.3 is 0 Å². The molecule has 1 atom stereocenters. The maximum Gasteiger partial charge on any atom is 0.223 e. The molecule has 2 aromatic rings. The molecule has 27 heavy (non-hydrogen) atoms. The number of pyridine rings is 1. The lowest BCUT2D eigenvalue weighted by Gasteiger charge is -2.26. The first-order valence-electron chi connectivity index (χ1n) is 10.1. The Kier molecular flexibility index (Phi) is 5.43. The van der Waals surface area contributed by atoms with Gasteiger partial charge in [-0.25, -0.2) is 4.98 Å². The summed E-state index contributed by atoms with van der Waals surface area (Å²) in [5.41, 5.74) is 4.00. The SMILES string of the molecule is Cc1cc(Nc2nc(C)cs2)cc([C@H]2CCCN2C(=O)CC2CCCC2)n1. The third kappa shape index (κ3) is 4.32. The zero-order valence-electron chi connectivity index (χ0n) is 16.2. The van der Waals surface area contributed by atoms with Crippen LogP contribution in [0.1, 0.15) is 68.1 Å². The van der Waals surface area contributed by atoms with Crippen molar-refractivity contribution in [1.82, 2.24) is 14.9 Å². The fraction of sp³-hybridized carbons (Fsp3) is 0.571. The lowest BCUT2D eigenvalue weighted by molar-refractivity contribution is -0.133. The van der Waals surface area contributed by atoms with E-state index in [0.717, 1.165) is 47.3 Å². The number of carbonyl (C=O) groups excluding carboxylic acids is 1. The molecule has 2 aromatic heterocycles. The van der Waals surface area contributed by atoms with E-state index >= 15 is 0 Å². The zero-order chi connectivity index (χ0) is 18.8. The van der Waals surface area contributed by atoms with Crippen LogP contribution in [0.2, 0.25) is 0 Å². The van der Waals surface area contributed by atoms with Crippen molar-refractivity contribution in [3.63, 3.8) is 0 Å². The average Bonchev–Trinajstić information content (AvgIpc) is 3.36. The standard InChI is InChI=1S/C21H28N4OS/c1-14-10-17(24-21-23-15(2)13-27-21)12-18(22-14)19-8-5-9-25(19)20(26)11-16-6-3-4-7-16/h10,12-13,16,19H,3-9,11H2,1-2H3,(H,22,23,24)/t19-/m1/s1. The normalized spacial score (nSPS) is 20.4. The monoisotopic (exact) mass is 384 g/mol. The van der Waals surface area contributed by atoms with Gasteiger partial charge in [-0.15, -0.1) is 11.3 Å². The fourth-order valence-corrected chi connectivity index (χ4v) is 5.13.